The number of allylic oxidation sites excluding steroid dienone is 2. The molecule has 1 aliphatic heterocycles. The number of halogens is 3. The van der Waals surface area contributed by atoms with Crippen LogP contribution in [0.2, 0.25) is 0 Å². The van der Waals surface area contributed by atoms with Crippen LogP contribution in [0.25, 0.3) is 0 Å². The molecule has 0 aliphatic carbocycles. The maximum absolute atomic E-state index is 13.6. The van der Waals surface area contributed by atoms with Crippen LogP contribution in [0.3, 0.4) is 0 Å². The van der Waals surface area contributed by atoms with Crippen LogP contribution in [-0.2, 0) is 25.3 Å². The quantitative estimate of drug-likeness (QED) is 0.465. The monoisotopic (exact) mass is 470 g/mol. The minimum Gasteiger partial charge on any atom is -0.465 e. The first-order valence-corrected chi connectivity index (χ1v) is 10.4. The number of hydrogen-bond donors (Lipinski definition) is 0. The van der Waals surface area contributed by atoms with Crippen molar-refractivity contribution in [3.63, 3.8) is 0 Å². The van der Waals surface area contributed by atoms with E-state index in [2.05, 4.69) is 0 Å². The van der Waals surface area contributed by atoms with E-state index >= 15 is 0 Å². The van der Waals surface area contributed by atoms with Crippen LogP contribution in [0.1, 0.15) is 43.4 Å². The molecule has 34 heavy (non-hydrogen) atoms. The fraction of sp³-hybridized carbons (Fsp3) is 0.280. The zero-order chi connectivity index (χ0) is 25.2. The van der Waals surface area contributed by atoms with E-state index in [1.807, 2.05) is 6.07 Å². The smallest absolute Gasteiger partial charge is 0.416 e. The zero-order valence-electron chi connectivity index (χ0n) is 18.6. The summed E-state index contributed by atoms with van der Waals surface area (Å²) in [5.41, 5.74) is -0.111. The Morgan fingerprint density at radius 2 is 1.79 bits per heavy atom. The van der Waals surface area contributed by atoms with Crippen LogP contribution in [0.5, 0.6) is 0 Å². The summed E-state index contributed by atoms with van der Waals surface area (Å²) in [6.07, 6.45) is -4.65. The lowest BCUT2D eigenvalue weighted by atomic mass is 9.74. The Morgan fingerprint density at radius 3 is 2.32 bits per heavy atom. The third kappa shape index (κ3) is 4.57. The average Bonchev–Trinajstić information content (AvgIpc) is 2.78. The average molecular weight is 470 g/mol. The first-order valence-electron chi connectivity index (χ1n) is 10.4. The fourth-order valence-electron chi connectivity index (χ4n) is 4.17. The van der Waals surface area contributed by atoms with E-state index < -0.39 is 41.2 Å². The molecule has 2 atom stereocenters. The number of alkyl halides is 3. The van der Waals surface area contributed by atoms with Gasteiger partial charge in [0.2, 0.25) is 5.91 Å². The van der Waals surface area contributed by atoms with E-state index in [1.165, 1.54) is 32.0 Å². The van der Waals surface area contributed by atoms with Gasteiger partial charge in [0.25, 0.3) is 0 Å². The summed E-state index contributed by atoms with van der Waals surface area (Å²) in [6, 6.07) is 12.2. The lowest BCUT2D eigenvalue weighted by molar-refractivity contribution is -0.152. The Labute approximate surface area is 194 Å². The number of ketones is 1. The molecule has 3 rings (SSSR count). The van der Waals surface area contributed by atoms with Crippen molar-refractivity contribution in [2.24, 2.45) is 5.92 Å². The van der Waals surface area contributed by atoms with E-state index in [0.717, 1.165) is 23.1 Å². The molecule has 0 fully saturated rings. The number of carbonyl (C=O) groups excluding carboxylic acids is 3. The standard InChI is InChI=1S/C25H21F3N2O4/c1-4-34-24(33)22-21(17-10-8-16(13-29)9-11-17)20(15(3)31)14(2)30(23(22)32)19-7-5-6-18(12-19)25(26,27)28/h5-12,21-22H,4H2,1-3H3/t21-,22-/m1/s1. The highest BCUT2D eigenvalue weighted by molar-refractivity contribution is 6.14. The van der Waals surface area contributed by atoms with E-state index in [0.29, 0.717) is 11.1 Å². The molecule has 0 unspecified atom stereocenters. The Hall–Kier alpha value is -3.93. The Balaban J connectivity index is 2.27. The van der Waals surface area contributed by atoms with Crippen molar-refractivity contribution in [3.05, 3.63) is 76.5 Å². The third-order valence-electron chi connectivity index (χ3n) is 5.61. The Bertz CT molecular complexity index is 1210. The highest BCUT2D eigenvalue weighted by atomic mass is 19.4. The molecule has 0 radical (unpaired) electrons. The summed E-state index contributed by atoms with van der Waals surface area (Å²) in [5.74, 6) is -4.70. The molecule has 0 saturated carbocycles. The predicted molar refractivity (Wildman–Crippen MR) is 116 cm³/mol. The second kappa shape index (κ2) is 9.51. The highest BCUT2D eigenvalue weighted by Crippen LogP contribution is 2.44. The van der Waals surface area contributed by atoms with Gasteiger partial charge in [0, 0.05) is 22.9 Å². The molecule has 1 amide bonds. The molecule has 0 N–H and O–H groups in total. The maximum Gasteiger partial charge on any atom is 0.416 e. The predicted octanol–water partition coefficient (Wildman–Crippen LogP) is 4.75. The van der Waals surface area contributed by atoms with Crippen molar-refractivity contribution in [2.45, 2.75) is 32.9 Å². The van der Waals surface area contributed by atoms with E-state index in [4.69, 9.17) is 10.00 Å². The van der Waals surface area contributed by atoms with Crippen molar-refractivity contribution < 1.29 is 32.3 Å². The number of carbonyl (C=O) groups is 3. The van der Waals surface area contributed by atoms with Crippen LogP contribution in [-0.4, -0.2) is 24.3 Å². The van der Waals surface area contributed by atoms with Crippen molar-refractivity contribution in [2.75, 3.05) is 11.5 Å². The number of hydrogen-bond acceptors (Lipinski definition) is 5. The molecule has 2 aromatic rings. The second-order valence-electron chi connectivity index (χ2n) is 7.72. The number of rotatable bonds is 5. The lowest BCUT2D eigenvalue weighted by Gasteiger charge is -2.39. The van der Waals surface area contributed by atoms with Gasteiger partial charge in [0.1, 0.15) is 5.92 Å². The van der Waals surface area contributed by atoms with Crippen LogP contribution in [0.15, 0.2) is 59.8 Å². The van der Waals surface area contributed by atoms with Crippen LogP contribution in [0, 0.1) is 17.2 Å². The minimum absolute atomic E-state index is 0.0373. The first kappa shape index (κ1) is 24.7. The lowest BCUT2D eigenvalue weighted by Crippen LogP contribution is -2.48. The molecule has 1 heterocycles. The van der Waals surface area contributed by atoms with Gasteiger partial charge in [-0.2, -0.15) is 18.4 Å². The first-order chi connectivity index (χ1) is 16.0. The number of nitrogens with zero attached hydrogens (tertiary/aromatic N) is 2. The summed E-state index contributed by atoms with van der Waals surface area (Å²) in [6.45, 7) is 4.23. The summed E-state index contributed by atoms with van der Waals surface area (Å²) < 4.78 is 45.1. The topological polar surface area (TPSA) is 87.5 Å². The van der Waals surface area contributed by atoms with Crippen molar-refractivity contribution in [3.8, 4) is 6.07 Å². The third-order valence-corrected chi connectivity index (χ3v) is 5.61. The fourth-order valence-corrected chi connectivity index (χ4v) is 4.17. The zero-order valence-corrected chi connectivity index (χ0v) is 18.6. The molecular formula is C25H21F3N2O4. The number of benzene rings is 2. The van der Waals surface area contributed by atoms with Gasteiger partial charge in [-0.1, -0.05) is 18.2 Å². The Morgan fingerprint density at radius 1 is 1.15 bits per heavy atom. The van der Waals surface area contributed by atoms with Crippen molar-refractivity contribution in [1.82, 2.24) is 0 Å². The van der Waals surface area contributed by atoms with Gasteiger partial charge in [-0.05, 0) is 56.7 Å². The molecule has 1 aliphatic rings. The summed E-state index contributed by atoms with van der Waals surface area (Å²) in [7, 11) is 0. The minimum atomic E-state index is -4.65. The Kier molecular flexibility index (Phi) is 6.91. The van der Waals surface area contributed by atoms with Crippen molar-refractivity contribution in [1.29, 1.82) is 5.26 Å². The molecule has 0 bridgehead atoms. The highest BCUT2D eigenvalue weighted by Gasteiger charge is 2.48. The molecule has 9 heteroatoms. The van der Waals surface area contributed by atoms with Gasteiger partial charge in [0.15, 0.2) is 5.78 Å². The number of ether oxygens (including phenoxy) is 1. The normalized spacial score (nSPS) is 18.5. The molecule has 0 spiro atoms. The molecule has 0 saturated heterocycles. The molecule has 176 valence electrons. The number of nitriles is 1. The van der Waals surface area contributed by atoms with Crippen LogP contribution >= 0.6 is 0 Å². The van der Waals surface area contributed by atoms with Gasteiger partial charge in [-0.15, -0.1) is 0 Å². The van der Waals surface area contributed by atoms with Gasteiger partial charge >= 0.3 is 12.1 Å². The molecular weight excluding hydrogens is 449 g/mol. The maximum atomic E-state index is 13.6. The number of anilines is 1. The summed E-state index contributed by atoms with van der Waals surface area (Å²) in [4.78, 5) is 40.3. The largest absolute Gasteiger partial charge is 0.465 e. The molecule has 2 aromatic carbocycles. The van der Waals surface area contributed by atoms with Gasteiger partial charge in [-0.3, -0.25) is 19.3 Å². The molecule has 6 nitrogen and oxygen atoms in total. The van der Waals surface area contributed by atoms with E-state index in [-0.39, 0.29) is 23.6 Å². The van der Waals surface area contributed by atoms with E-state index in [1.54, 1.807) is 19.1 Å². The van der Waals surface area contributed by atoms with Crippen LogP contribution < -0.4 is 4.90 Å². The number of esters is 1. The van der Waals surface area contributed by atoms with E-state index in [9.17, 15) is 27.6 Å². The number of Topliss-reactive ketones (excluding diaryl/α,β-unsaturated/α-hetero) is 1. The van der Waals surface area contributed by atoms with Gasteiger partial charge in [0.05, 0.1) is 23.8 Å². The van der Waals surface area contributed by atoms with Crippen LogP contribution in [0.4, 0.5) is 18.9 Å². The summed E-state index contributed by atoms with van der Waals surface area (Å²) >= 11 is 0. The second-order valence-corrected chi connectivity index (χ2v) is 7.72. The SMILES string of the molecule is CCOC(=O)[C@H]1C(=O)N(c2cccc(C(F)(F)F)c2)C(C)=C(C(C)=O)[C@H]1c1ccc(C#N)cc1. The molecule has 0 aromatic heterocycles. The number of amides is 1. The van der Waals surface area contributed by atoms with Crippen molar-refractivity contribution >= 4 is 23.3 Å². The van der Waals surface area contributed by atoms with Gasteiger partial charge < -0.3 is 4.74 Å². The summed E-state index contributed by atoms with van der Waals surface area (Å²) in [5, 5.41) is 9.09. The van der Waals surface area contributed by atoms with Gasteiger partial charge in [-0.25, -0.2) is 0 Å².